The van der Waals surface area contributed by atoms with Gasteiger partial charge in [0.05, 0.1) is 0 Å². The molecule has 1 aliphatic rings. The Bertz CT molecular complexity index is 611. The summed E-state index contributed by atoms with van der Waals surface area (Å²) >= 11 is 0. The molecule has 25 heavy (non-hydrogen) atoms. The lowest BCUT2D eigenvalue weighted by atomic mass is 9.90. The molecule has 0 aliphatic carbocycles. The third kappa shape index (κ3) is 4.83. The number of benzene rings is 1. The van der Waals surface area contributed by atoms with E-state index in [0.29, 0.717) is 26.2 Å². The fourth-order valence-electron chi connectivity index (χ4n) is 3.40. The molecule has 1 heterocycles. The Balaban J connectivity index is 1.96. The molecule has 4 heteroatoms. The first-order valence-corrected chi connectivity index (χ1v) is 9.36. The molecule has 2 rings (SSSR count). The second kappa shape index (κ2) is 8.03. The van der Waals surface area contributed by atoms with Crippen LogP contribution in [0.5, 0.6) is 0 Å². The molecule has 1 fully saturated rings. The Labute approximate surface area is 152 Å². The van der Waals surface area contributed by atoms with Gasteiger partial charge in [0.25, 0.3) is 0 Å². The number of piperidine rings is 1. The Morgan fingerprint density at radius 1 is 1.16 bits per heavy atom. The molecule has 0 N–H and O–H groups in total. The predicted molar refractivity (Wildman–Crippen MR) is 101 cm³/mol. The molecule has 4 nitrogen and oxygen atoms in total. The second-order valence-electron chi connectivity index (χ2n) is 8.10. The van der Waals surface area contributed by atoms with Crippen LogP contribution in [0.25, 0.3) is 0 Å². The number of aryl methyl sites for hydroxylation is 1. The minimum Gasteiger partial charge on any atom is -0.342 e. The zero-order valence-electron chi connectivity index (χ0n) is 16.3. The van der Waals surface area contributed by atoms with Gasteiger partial charge in [0.2, 0.25) is 11.8 Å². The maximum absolute atomic E-state index is 12.9. The molecule has 1 aromatic carbocycles. The minimum atomic E-state index is -0.350. The van der Waals surface area contributed by atoms with Crippen LogP contribution in [-0.4, -0.2) is 41.2 Å². The van der Waals surface area contributed by atoms with E-state index in [9.17, 15) is 9.59 Å². The number of carbonyl (C=O) groups is 2. The molecule has 0 bridgehead atoms. The number of nitrogens with zero attached hydrogens (tertiary/aromatic N) is 2. The number of hydrogen-bond acceptors (Lipinski definition) is 2. The van der Waals surface area contributed by atoms with Crippen LogP contribution in [0.15, 0.2) is 24.3 Å². The summed E-state index contributed by atoms with van der Waals surface area (Å²) < 4.78 is 0. The van der Waals surface area contributed by atoms with Gasteiger partial charge in [0.1, 0.15) is 0 Å². The lowest BCUT2D eigenvalue weighted by molar-refractivity contribution is -0.145. The standard InChI is InChI=1S/C21H32N2O2/c1-6-22(15-18-10-8-7-9-16(18)2)19(24)17-11-13-23(14-12-17)20(25)21(3,4)5/h7-10,17H,6,11-15H2,1-5H3. The van der Waals surface area contributed by atoms with Crippen molar-refractivity contribution in [2.75, 3.05) is 19.6 Å². The summed E-state index contributed by atoms with van der Waals surface area (Å²) in [6, 6.07) is 8.23. The lowest BCUT2D eigenvalue weighted by Crippen LogP contribution is -2.47. The van der Waals surface area contributed by atoms with Crippen molar-refractivity contribution in [3.8, 4) is 0 Å². The number of likely N-dealkylation sites (tertiary alicyclic amines) is 1. The predicted octanol–water partition coefficient (Wildman–Crippen LogP) is 3.63. The Kier molecular flexibility index (Phi) is 6.26. The van der Waals surface area contributed by atoms with Gasteiger partial charge >= 0.3 is 0 Å². The first-order chi connectivity index (χ1) is 11.7. The molecule has 1 saturated heterocycles. The highest BCUT2D eigenvalue weighted by molar-refractivity contribution is 5.82. The van der Waals surface area contributed by atoms with Gasteiger partial charge in [0, 0.05) is 37.5 Å². The Morgan fingerprint density at radius 3 is 2.28 bits per heavy atom. The van der Waals surface area contributed by atoms with Gasteiger partial charge in [-0.15, -0.1) is 0 Å². The van der Waals surface area contributed by atoms with Gasteiger partial charge in [-0.2, -0.15) is 0 Å². The summed E-state index contributed by atoms with van der Waals surface area (Å²) in [5, 5.41) is 0. The molecular weight excluding hydrogens is 312 g/mol. The molecule has 1 aliphatic heterocycles. The fourth-order valence-corrected chi connectivity index (χ4v) is 3.40. The van der Waals surface area contributed by atoms with Crippen LogP contribution >= 0.6 is 0 Å². The van der Waals surface area contributed by atoms with E-state index < -0.39 is 0 Å². The van der Waals surface area contributed by atoms with Crippen molar-refractivity contribution in [3.63, 3.8) is 0 Å². The van der Waals surface area contributed by atoms with Gasteiger partial charge in [-0.05, 0) is 37.8 Å². The van der Waals surface area contributed by atoms with Crippen molar-refractivity contribution < 1.29 is 9.59 Å². The molecule has 0 aromatic heterocycles. The van der Waals surface area contributed by atoms with Crippen molar-refractivity contribution in [1.82, 2.24) is 9.80 Å². The van der Waals surface area contributed by atoms with Gasteiger partial charge < -0.3 is 9.80 Å². The zero-order valence-corrected chi connectivity index (χ0v) is 16.3. The normalized spacial score (nSPS) is 16.0. The van der Waals surface area contributed by atoms with E-state index in [1.807, 2.05) is 49.6 Å². The van der Waals surface area contributed by atoms with Gasteiger partial charge in [0.15, 0.2) is 0 Å². The van der Waals surface area contributed by atoms with E-state index in [-0.39, 0.29) is 23.1 Å². The summed E-state index contributed by atoms with van der Waals surface area (Å²) in [6.07, 6.45) is 1.54. The number of amides is 2. The summed E-state index contributed by atoms with van der Waals surface area (Å²) in [7, 11) is 0. The fraction of sp³-hybridized carbons (Fsp3) is 0.619. The zero-order chi connectivity index (χ0) is 18.6. The van der Waals surface area contributed by atoms with Crippen LogP contribution in [0, 0.1) is 18.3 Å². The van der Waals surface area contributed by atoms with Crippen LogP contribution < -0.4 is 0 Å². The van der Waals surface area contributed by atoms with Crippen molar-refractivity contribution in [3.05, 3.63) is 35.4 Å². The highest BCUT2D eigenvalue weighted by Gasteiger charge is 2.33. The smallest absolute Gasteiger partial charge is 0.227 e. The number of carbonyl (C=O) groups excluding carboxylic acids is 2. The highest BCUT2D eigenvalue weighted by Crippen LogP contribution is 2.25. The summed E-state index contributed by atoms with van der Waals surface area (Å²) in [4.78, 5) is 29.2. The number of rotatable bonds is 4. The molecule has 138 valence electrons. The maximum Gasteiger partial charge on any atom is 0.227 e. The summed E-state index contributed by atoms with van der Waals surface area (Å²) in [6.45, 7) is 12.7. The molecule has 0 saturated carbocycles. The van der Waals surface area contributed by atoms with Gasteiger partial charge in [-0.25, -0.2) is 0 Å². The SMILES string of the molecule is CCN(Cc1ccccc1C)C(=O)C1CCN(C(=O)C(C)(C)C)CC1. The summed E-state index contributed by atoms with van der Waals surface area (Å²) in [5.74, 6) is 0.451. The van der Waals surface area contributed by atoms with E-state index >= 15 is 0 Å². The molecule has 0 atom stereocenters. The lowest BCUT2D eigenvalue weighted by Gasteiger charge is -2.36. The molecule has 2 amide bonds. The first-order valence-electron chi connectivity index (χ1n) is 9.36. The van der Waals surface area contributed by atoms with E-state index in [4.69, 9.17) is 0 Å². The Morgan fingerprint density at radius 2 is 1.76 bits per heavy atom. The number of hydrogen-bond donors (Lipinski definition) is 0. The van der Waals surface area contributed by atoms with Gasteiger partial charge in [-0.3, -0.25) is 9.59 Å². The van der Waals surface area contributed by atoms with Crippen LogP contribution in [0.1, 0.15) is 51.7 Å². The molecule has 0 radical (unpaired) electrons. The Hall–Kier alpha value is -1.84. The third-order valence-electron chi connectivity index (χ3n) is 5.09. The first kappa shape index (κ1) is 19.5. The van der Waals surface area contributed by atoms with E-state index in [1.54, 1.807) is 0 Å². The van der Waals surface area contributed by atoms with Crippen molar-refractivity contribution in [2.45, 2.75) is 54.0 Å². The van der Waals surface area contributed by atoms with Crippen LogP contribution in [0.4, 0.5) is 0 Å². The van der Waals surface area contributed by atoms with Crippen LogP contribution in [0.3, 0.4) is 0 Å². The average Bonchev–Trinajstić information content (AvgIpc) is 2.59. The quantitative estimate of drug-likeness (QED) is 0.837. The van der Waals surface area contributed by atoms with E-state index in [0.717, 1.165) is 12.8 Å². The third-order valence-corrected chi connectivity index (χ3v) is 5.09. The minimum absolute atomic E-state index is 0.0352. The summed E-state index contributed by atoms with van der Waals surface area (Å²) in [5.41, 5.74) is 2.08. The second-order valence-corrected chi connectivity index (χ2v) is 8.10. The van der Waals surface area contributed by atoms with Crippen molar-refractivity contribution in [1.29, 1.82) is 0 Å². The topological polar surface area (TPSA) is 40.6 Å². The van der Waals surface area contributed by atoms with Crippen LogP contribution in [-0.2, 0) is 16.1 Å². The van der Waals surface area contributed by atoms with Crippen LogP contribution in [0.2, 0.25) is 0 Å². The highest BCUT2D eigenvalue weighted by atomic mass is 16.2. The maximum atomic E-state index is 12.9. The van der Waals surface area contributed by atoms with Gasteiger partial charge in [-0.1, -0.05) is 45.0 Å². The monoisotopic (exact) mass is 344 g/mol. The molecular formula is C21H32N2O2. The average molecular weight is 344 g/mol. The molecule has 0 unspecified atom stereocenters. The van der Waals surface area contributed by atoms with E-state index in [2.05, 4.69) is 19.1 Å². The largest absolute Gasteiger partial charge is 0.342 e. The molecule has 1 aromatic rings. The van der Waals surface area contributed by atoms with E-state index in [1.165, 1.54) is 11.1 Å². The van der Waals surface area contributed by atoms with Crippen molar-refractivity contribution >= 4 is 11.8 Å². The van der Waals surface area contributed by atoms with Crippen molar-refractivity contribution in [2.24, 2.45) is 11.3 Å². The molecule has 0 spiro atoms.